The number of hydrogen-bond acceptors (Lipinski definition) is 3. The van der Waals surface area contributed by atoms with Crippen LogP contribution in [0.15, 0.2) is 0 Å². The Morgan fingerprint density at radius 2 is 1.88 bits per heavy atom. The molecule has 0 aromatic heterocycles. The molecule has 1 aliphatic rings. The molecule has 17 heavy (non-hydrogen) atoms. The molecule has 4 nitrogen and oxygen atoms in total. The maximum absolute atomic E-state index is 11.9. The van der Waals surface area contributed by atoms with Crippen LogP contribution in [0, 0.1) is 5.92 Å². The molecule has 0 bridgehead atoms. The predicted molar refractivity (Wildman–Crippen MR) is 71.0 cm³/mol. The first-order valence-corrected chi connectivity index (χ1v) is 6.86. The van der Waals surface area contributed by atoms with Gasteiger partial charge in [0.25, 0.3) is 0 Å². The molecule has 0 aromatic rings. The summed E-state index contributed by atoms with van der Waals surface area (Å²) in [4.78, 5) is 16.5. The second-order valence-corrected chi connectivity index (χ2v) is 4.90. The quantitative estimate of drug-likeness (QED) is 0.747. The first-order valence-electron chi connectivity index (χ1n) is 6.86. The van der Waals surface area contributed by atoms with E-state index in [2.05, 4.69) is 36.0 Å². The summed E-state index contributed by atoms with van der Waals surface area (Å²) >= 11 is 0. The zero-order valence-corrected chi connectivity index (χ0v) is 11.5. The molecule has 4 heteroatoms. The molecule has 1 heterocycles. The van der Waals surface area contributed by atoms with Crippen LogP contribution in [0.25, 0.3) is 0 Å². The number of hydrogen-bond donors (Lipinski definition) is 1. The van der Waals surface area contributed by atoms with Crippen molar-refractivity contribution in [3.63, 3.8) is 0 Å². The van der Waals surface area contributed by atoms with Gasteiger partial charge >= 0.3 is 0 Å². The average Bonchev–Trinajstić information content (AvgIpc) is 2.35. The van der Waals surface area contributed by atoms with Crippen molar-refractivity contribution in [3.05, 3.63) is 0 Å². The molecule has 1 amide bonds. The van der Waals surface area contributed by atoms with Crippen LogP contribution in [0.3, 0.4) is 0 Å². The average molecular weight is 241 g/mol. The van der Waals surface area contributed by atoms with Crippen molar-refractivity contribution in [3.8, 4) is 0 Å². The van der Waals surface area contributed by atoms with E-state index in [0.717, 1.165) is 52.1 Å². The summed E-state index contributed by atoms with van der Waals surface area (Å²) in [6, 6.07) is 0. The highest BCUT2D eigenvalue weighted by Crippen LogP contribution is 2.15. The van der Waals surface area contributed by atoms with Crippen molar-refractivity contribution in [1.29, 1.82) is 0 Å². The van der Waals surface area contributed by atoms with E-state index in [-0.39, 0.29) is 11.8 Å². The minimum atomic E-state index is 0.239. The van der Waals surface area contributed by atoms with E-state index < -0.39 is 0 Å². The van der Waals surface area contributed by atoms with E-state index in [0.29, 0.717) is 0 Å². The maximum Gasteiger partial charge on any atom is 0.223 e. The Hall–Kier alpha value is -0.610. The maximum atomic E-state index is 11.9. The predicted octanol–water partition coefficient (Wildman–Crippen LogP) is 0.786. The number of rotatable bonds is 6. The van der Waals surface area contributed by atoms with Gasteiger partial charge in [-0.2, -0.15) is 0 Å². The summed E-state index contributed by atoms with van der Waals surface area (Å²) in [5.41, 5.74) is 0. The van der Waals surface area contributed by atoms with Gasteiger partial charge in [-0.25, -0.2) is 0 Å². The lowest BCUT2D eigenvalue weighted by Crippen LogP contribution is -2.41. The number of carbonyl (C=O) groups is 1. The van der Waals surface area contributed by atoms with Crippen LogP contribution < -0.4 is 5.32 Å². The van der Waals surface area contributed by atoms with Gasteiger partial charge in [-0.15, -0.1) is 0 Å². The van der Waals surface area contributed by atoms with E-state index in [4.69, 9.17) is 0 Å². The highest BCUT2D eigenvalue weighted by Gasteiger charge is 2.22. The molecule has 0 aliphatic carbocycles. The molecule has 0 radical (unpaired) electrons. The standard InChI is InChI=1S/C13H27N3O/c1-4-16(5-2)11-8-14-13(17)12-6-9-15(3)10-7-12/h12H,4-11H2,1-3H3,(H,14,17). The van der Waals surface area contributed by atoms with Crippen molar-refractivity contribution in [2.45, 2.75) is 26.7 Å². The normalized spacial score (nSPS) is 18.6. The summed E-state index contributed by atoms with van der Waals surface area (Å²) in [7, 11) is 2.12. The second-order valence-electron chi connectivity index (χ2n) is 4.90. The van der Waals surface area contributed by atoms with E-state index in [1.807, 2.05) is 0 Å². The Labute approximate surface area is 105 Å². The third-order valence-electron chi connectivity index (χ3n) is 3.71. The molecular formula is C13H27N3O. The van der Waals surface area contributed by atoms with Crippen LogP contribution in [0.1, 0.15) is 26.7 Å². The smallest absolute Gasteiger partial charge is 0.223 e. The van der Waals surface area contributed by atoms with Gasteiger partial charge in [0.2, 0.25) is 5.91 Å². The van der Waals surface area contributed by atoms with E-state index >= 15 is 0 Å². The molecule has 0 aromatic carbocycles. The van der Waals surface area contributed by atoms with Crippen molar-refractivity contribution in [2.24, 2.45) is 5.92 Å². The van der Waals surface area contributed by atoms with Crippen molar-refractivity contribution >= 4 is 5.91 Å². The Bertz CT molecular complexity index is 221. The van der Waals surface area contributed by atoms with Crippen LogP contribution in [0.4, 0.5) is 0 Å². The molecular weight excluding hydrogens is 214 g/mol. The number of likely N-dealkylation sites (tertiary alicyclic amines) is 1. The van der Waals surface area contributed by atoms with Gasteiger partial charge in [0.15, 0.2) is 0 Å². The van der Waals surface area contributed by atoms with E-state index in [1.54, 1.807) is 0 Å². The summed E-state index contributed by atoms with van der Waals surface area (Å²) in [6.45, 7) is 10.3. The Kier molecular flexibility index (Phi) is 6.52. The molecule has 0 atom stereocenters. The second kappa shape index (κ2) is 7.67. The molecule has 100 valence electrons. The highest BCUT2D eigenvalue weighted by molar-refractivity contribution is 5.78. The van der Waals surface area contributed by atoms with Crippen LogP contribution in [-0.2, 0) is 4.79 Å². The molecule has 1 rings (SSSR count). The van der Waals surface area contributed by atoms with Crippen LogP contribution >= 0.6 is 0 Å². The molecule has 1 saturated heterocycles. The topological polar surface area (TPSA) is 35.6 Å². The van der Waals surface area contributed by atoms with Gasteiger partial charge in [0.05, 0.1) is 0 Å². The number of nitrogens with one attached hydrogen (secondary N) is 1. The molecule has 0 saturated carbocycles. The highest BCUT2D eigenvalue weighted by atomic mass is 16.1. The monoisotopic (exact) mass is 241 g/mol. The fourth-order valence-electron chi connectivity index (χ4n) is 2.29. The lowest BCUT2D eigenvalue weighted by Gasteiger charge is -2.28. The Balaban J connectivity index is 2.16. The fraction of sp³-hybridized carbons (Fsp3) is 0.923. The molecule has 1 aliphatic heterocycles. The SMILES string of the molecule is CCN(CC)CCNC(=O)C1CCN(C)CC1. The Morgan fingerprint density at radius 3 is 2.41 bits per heavy atom. The molecule has 0 unspecified atom stereocenters. The summed E-state index contributed by atoms with van der Waals surface area (Å²) in [5, 5.41) is 3.07. The van der Waals surface area contributed by atoms with Crippen molar-refractivity contribution in [1.82, 2.24) is 15.1 Å². The van der Waals surface area contributed by atoms with Gasteiger partial charge < -0.3 is 15.1 Å². The summed E-state index contributed by atoms with van der Waals surface area (Å²) < 4.78 is 0. The zero-order chi connectivity index (χ0) is 12.7. The molecule has 1 N–H and O–H groups in total. The first-order chi connectivity index (χ1) is 8.17. The lowest BCUT2D eigenvalue weighted by molar-refractivity contribution is -0.126. The van der Waals surface area contributed by atoms with Crippen molar-refractivity contribution < 1.29 is 4.79 Å². The number of nitrogens with zero attached hydrogens (tertiary/aromatic N) is 2. The number of likely N-dealkylation sites (N-methyl/N-ethyl adjacent to an activating group) is 1. The van der Waals surface area contributed by atoms with Gasteiger partial charge in [0.1, 0.15) is 0 Å². The van der Waals surface area contributed by atoms with E-state index in [9.17, 15) is 4.79 Å². The van der Waals surface area contributed by atoms with Crippen LogP contribution in [0.5, 0.6) is 0 Å². The summed E-state index contributed by atoms with van der Waals surface area (Å²) in [6.07, 6.45) is 2.02. The first kappa shape index (κ1) is 14.5. The number of carbonyl (C=O) groups excluding carboxylic acids is 1. The van der Waals surface area contributed by atoms with Crippen LogP contribution in [-0.4, -0.2) is 62.0 Å². The van der Waals surface area contributed by atoms with Gasteiger partial charge in [0, 0.05) is 19.0 Å². The van der Waals surface area contributed by atoms with Crippen molar-refractivity contribution in [2.75, 3.05) is 46.3 Å². The van der Waals surface area contributed by atoms with Gasteiger partial charge in [-0.1, -0.05) is 13.8 Å². The van der Waals surface area contributed by atoms with Gasteiger partial charge in [-0.05, 0) is 46.1 Å². The Morgan fingerprint density at radius 1 is 1.29 bits per heavy atom. The van der Waals surface area contributed by atoms with Gasteiger partial charge in [-0.3, -0.25) is 4.79 Å². The van der Waals surface area contributed by atoms with Crippen LogP contribution in [0.2, 0.25) is 0 Å². The summed E-state index contributed by atoms with van der Waals surface area (Å²) in [5.74, 6) is 0.494. The molecule has 0 spiro atoms. The fourth-order valence-corrected chi connectivity index (χ4v) is 2.29. The lowest BCUT2D eigenvalue weighted by atomic mass is 9.96. The minimum absolute atomic E-state index is 0.239. The number of amides is 1. The van der Waals surface area contributed by atoms with E-state index in [1.165, 1.54) is 0 Å². The molecule has 1 fully saturated rings. The zero-order valence-electron chi connectivity index (χ0n) is 11.5. The third-order valence-corrected chi connectivity index (χ3v) is 3.71. The third kappa shape index (κ3) is 5.04. The number of piperidine rings is 1. The minimum Gasteiger partial charge on any atom is -0.355 e. The largest absolute Gasteiger partial charge is 0.355 e.